The van der Waals surface area contributed by atoms with E-state index in [9.17, 15) is 9.59 Å². The van der Waals surface area contributed by atoms with Crippen molar-refractivity contribution in [3.63, 3.8) is 0 Å². The number of amides is 2. The van der Waals surface area contributed by atoms with Gasteiger partial charge in [-0.2, -0.15) is 0 Å². The van der Waals surface area contributed by atoms with Crippen LogP contribution < -0.4 is 10.6 Å². The van der Waals surface area contributed by atoms with E-state index in [2.05, 4.69) is 37.5 Å². The molecule has 0 radical (unpaired) electrons. The van der Waals surface area contributed by atoms with Gasteiger partial charge in [0.15, 0.2) is 11.5 Å². The minimum atomic E-state index is -0.713. The normalized spacial score (nSPS) is 11.5. The number of halogens is 1. The minimum Gasteiger partial charge on any atom is -0.441 e. The molecule has 0 spiro atoms. The fourth-order valence-corrected chi connectivity index (χ4v) is 3.15. The van der Waals surface area contributed by atoms with Crippen molar-refractivity contribution in [3.8, 4) is 11.4 Å². The Balaban J connectivity index is 1.68. The molecule has 0 aliphatic heterocycles. The smallest absolute Gasteiger partial charge is 0.413 e. The molecule has 33 heavy (non-hydrogen) atoms. The van der Waals surface area contributed by atoms with Gasteiger partial charge in [-0.25, -0.2) is 14.5 Å². The molecule has 3 aromatic rings. The third kappa shape index (κ3) is 6.36. The van der Waals surface area contributed by atoms with Gasteiger partial charge in [0, 0.05) is 25.2 Å². The Hall–Kier alpha value is -3.79. The van der Waals surface area contributed by atoms with Crippen LogP contribution in [0.1, 0.15) is 38.4 Å². The largest absolute Gasteiger partial charge is 0.441 e. The number of allylic oxidation sites excluding steroid dienone is 1. The number of nitrogens with zero attached hydrogens (tertiary/aromatic N) is 5. The van der Waals surface area contributed by atoms with E-state index in [0.717, 1.165) is 5.57 Å². The predicted octanol–water partition coefficient (Wildman–Crippen LogP) is 4.53. The fourth-order valence-electron chi connectivity index (χ4n) is 2.88. The van der Waals surface area contributed by atoms with Crippen LogP contribution in [-0.2, 0) is 16.6 Å². The lowest BCUT2D eigenvalue weighted by Crippen LogP contribution is -2.18. The minimum absolute atomic E-state index is 0.125. The van der Waals surface area contributed by atoms with E-state index in [1.165, 1.54) is 10.9 Å². The number of ether oxygens (including phenoxy) is 1. The van der Waals surface area contributed by atoms with Gasteiger partial charge in [0.25, 0.3) is 0 Å². The summed E-state index contributed by atoms with van der Waals surface area (Å²) in [6.07, 6.45) is 2.70. The Morgan fingerprint density at radius 1 is 1.21 bits per heavy atom. The van der Waals surface area contributed by atoms with Crippen LogP contribution in [-0.4, -0.2) is 37.0 Å². The first-order valence-corrected chi connectivity index (χ1v) is 10.5. The van der Waals surface area contributed by atoms with E-state index in [0.29, 0.717) is 41.3 Å². The van der Waals surface area contributed by atoms with Crippen LogP contribution in [0.3, 0.4) is 0 Å². The number of aryl methyl sites for hydroxylation is 1. The molecule has 10 nitrogen and oxygen atoms in total. The second-order valence-corrected chi connectivity index (χ2v) is 7.76. The third-order valence-corrected chi connectivity index (χ3v) is 4.94. The second-order valence-electron chi connectivity index (χ2n) is 7.40. The van der Waals surface area contributed by atoms with Gasteiger partial charge in [0.2, 0.25) is 5.91 Å². The van der Waals surface area contributed by atoms with Gasteiger partial charge in [0.1, 0.15) is 11.3 Å². The summed E-state index contributed by atoms with van der Waals surface area (Å²) >= 11 is 6.07. The summed E-state index contributed by atoms with van der Waals surface area (Å²) in [6, 6.07) is 6.81. The zero-order valence-electron chi connectivity index (χ0n) is 18.5. The van der Waals surface area contributed by atoms with E-state index >= 15 is 0 Å². The van der Waals surface area contributed by atoms with Crippen LogP contribution in [0.25, 0.3) is 11.4 Å². The molecule has 1 atom stereocenters. The van der Waals surface area contributed by atoms with Crippen molar-refractivity contribution in [3.05, 3.63) is 59.5 Å². The molecule has 2 amide bonds. The fraction of sp³-hybridized carbons (Fsp3) is 0.273. The molecular formula is C22H24ClN7O3. The van der Waals surface area contributed by atoms with E-state index < -0.39 is 12.2 Å². The van der Waals surface area contributed by atoms with Gasteiger partial charge >= 0.3 is 6.09 Å². The van der Waals surface area contributed by atoms with Crippen LogP contribution in [0.2, 0.25) is 5.15 Å². The maximum atomic E-state index is 12.5. The average molecular weight is 470 g/mol. The topological polar surface area (TPSA) is 124 Å². The Kier molecular flexibility index (Phi) is 7.73. The summed E-state index contributed by atoms with van der Waals surface area (Å²) in [7, 11) is 1.63. The molecule has 0 bridgehead atoms. The van der Waals surface area contributed by atoms with Gasteiger partial charge in [-0.3, -0.25) is 15.1 Å². The van der Waals surface area contributed by atoms with Crippen molar-refractivity contribution in [1.82, 2.24) is 25.0 Å². The zero-order valence-corrected chi connectivity index (χ0v) is 19.3. The average Bonchev–Trinajstić information content (AvgIpc) is 3.13. The van der Waals surface area contributed by atoms with Crippen LogP contribution in [0.15, 0.2) is 48.8 Å². The van der Waals surface area contributed by atoms with Gasteiger partial charge in [-0.05, 0) is 38.5 Å². The molecule has 2 N–H and O–H groups in total. The van der Waals surface area contributed by atoms with Crippen LogP contribution in [0, 0.1) is 0 Å². The summed E-state index contributed by atoms with van der Waals surface area (Å²) < 4.78 is 6.82. The van der Waals surface area contributed by atoms with E-state index in [4.69, 9.17) is 16.3 Å². The molecule has 0 aliphatic carbocycles. The van der Waals surface area contributed by atoms with Crippen molar-refractivity contribution in [2.24, 2.45) is 7.05 Å². The molecule has 3 rings (SSSR count). The number of hydrogen-bond donors (Lipinski definition) is 2. The van der Waals surface area contributed by atoms with Crippen LogP contribution >= 0.6 is 11.6 Å². The predicted molar refractivity (Wildman–Crippen MR) is 125 cm³/mol. The molecule has 11 heteroatoms. The zero-order chi connectivity index (χ0) is 24.0. The number of rotatable bonds is 8. The molecule has 0 unspecified atom stereocenters. The number of anilines is 2. The molecule has 0 aliphatic rings. The molecular weight excluding hydrogens is 446 g/mol. The van der Waals surface area contributed by atoms with Gasteiger partial charge in [0.05, 0.1) is 17.6 Å². The highest BCUT2D eigenvalue weighted by atomic mass is 35.5. The Morgan fingerprint density at radius 3 is 2.67 bits per heavy atom. The van der Waals surface area contributed by atoms with Gasteiger partial charge < -0.3 is 10.1 Å². The number of pyridine rings is 2. The van der Waals surface area contributed by atoms with Crippen molar-refractivity contribution < 1.29 is 14.3 Å². The van der Waals surface area contributed by atoms with Gasteiger partial charge in [-0.1, -0.05) is 28.5 Å². The van der Waals surface area contributed by atoms with E-state index in [1.54, 1.807) is 44.4 Å². The first-order valence-electron chi connectivity index (χ1n) is 10.1. The van der Waals surface area contributed by atoms with Gasteiger partial charge in [-0.15, -0.1) is 11.7 Å². The summed E-state index contributed by atoms with van der Waals surface area (Å²) in [6.45, 7) is 7.36. The Labute approximate surface area is 196 Å². The SMILES string of the molecule is C=C(C)CCC(=O)Nc1ccc(-c2nnn(C)c2NC(=O)O[C@H](C)c2cccnc2Cl)nc1. The molecule has 0 aromatic carbocycles. The highest BCUT2D eigenvalue weighted by Crippen LogP contribution is 2.26. The number of carbonyl (C=O) groups is 2. The molecule has 172 valence electrons. The summed E-state index contributed by atoms with van der Waals surface area (Å²) in [5.41, 5.74) is 2.88. The third-order valence-electron chi connectivity index (χ3n) is 4.63. The summed E-state index contributed by atoms with van der Waals surface area (Å²) in [5, 5.41) is 13.7. The van der Waals surface area contributed by atoms with Crippen molar-refractivity contribution in [1.29, 1.82) is 0 Å². The lowest BCUT2D eigenvalue weighted by molar-refractivity contribution is -0.116. The Morgan fingerprint density at radius 2 is 2.00 bits per heavy atom. The van der Waals surface area contributed by atoms with E-state index in [-0.39, 0.29) is 11.1 Å². The van der Waals surface area contributed by atoms with Crippen molar-refractivity contribution >= 4 is 35.1 Å². The van der Waals surface area contributed by atoms with Crippen molar-refractivity contribution in [2.75, 3.05) is 10.6 Å². The highest BCUT2D eigenvalue weighted by molar-refractivity contribution is 6.30. The highest BCUT2D eigenvalue weighted by Gasteiger charge is 2.20. The van der Waals surface area contributed by atoms with Crippen molar-refractivity contribution in [2.45, 2.75) is 32.8 Å². The standard InChI is InChI=1S/C22H24ClN7O3/c1-13(2)7-10-18(31)26-15-8-9-17(25-12-15)19-21(30(4)29-28-19)27-22(32)33-14(3)16-6-5-11-24-20(16)23/h5-6,8-9,11-12,14H,1,7,10H2,2-4H3,(H,26,31)(H,27,32)/t14-/m1/s1. The molecule has 3 aromatic heterocycles. The summed E-state index contributed by atoms with van der Waals surface area (Å²) in [4.78, 5) is 32.8. The first kappa shape index (κ1) is 23.9. The van der Waals surface area contributed by atoms with Crippen LogP contribution in [0.4, 0.5) is 16.3 Å². The quantitative estimate of drug-likeness (QED) is 0.366. The molecule has 0 saturated carbocycles. The second kappa shape index (κ2) is 10.7. The van der Waals surface area contributed by atoms with E-state index in [1.807, 2.05) is 6.92 Å². The lowest BCUT2D eigenvalue weighted by atomic mass is 10.2. The monoisotopic (exact) mass is 469 g/mol. The number of carbonyl (C=O) groups excluding carboxylic acids is 2. The number of aromatic nitrogens is 5. The Bertz CT molecular complexity index is 1160. The maximum Gasteiger partial charge on any atom is 0.413 e. The molecule has 0 saturated heterocycles. The summed E-state index contributed by atoms with van der Waals surface area (Å²) in [5.74, 6) is 0.176. The first-order chi connectivity index (χ1) is 15.7. The maximum absolute atomic E-state index is 12.5. The number of nitrogens with one attached hydrogen (secondary N) is 2. The van der Waals surface area contributed by atoms with Crippen LogP contribution in [0.5, 0.6) is 0 Å². The molecule has 0 fully saturated rings. The lowest BCUT2D eigenvalue weighted by Gasteiger charge is -2.15. The number of hydrogen-bond acceptors (Lipinski definition) is 7. The molecule has 3 heterocycles.